The van der Waals surface area contributed by atoms with Crippen LogP contribution in [0.15, 0.2) is 48.5 Å². The molecule has 0 aliphatic carbocycles. The summed E-state index contributed by atoms with van der Waals surface area (Å²) in [6, 6.07) is 13.4. The quantitative estimate of drug-likeness (QED) is 0.371. The van der Waals surface area contributed by atoms with Crippen LogP contribution in [0.1, 0.15) is 11.1 Å². The van der Waals surface area contributed by atoms with Gasteiger partial charge in [0.05, 0.1) is 13.1 Å². The Labute approximate surface area is 219 Å². The Morgan fingerprint density at radius 2 is 1.00 bits per heavy atom. The number of benzene rings is 2. The number of carboxylic acid groups (broad SMARTS) is 2. The van der Waals surface area contributed by atoms with Gasteiger partial charge < -0.3 is 20.4 Å². The Hall–Kier alpha value is -1.10. The van der Waals surface area contributed by atoms with Gasteiger partial charge >= 0.3 is 71.1 Å². The summed E-state index contributed by atoms with van der Waals surface area (Å²) in [6.45, 7) is 0.508. The van der Waals surface area contributed by atoms with Crippen LogP contribution in [-0.4, -0.2) is 127 Å². The Morgan fingerprint density at radius 1 is 0.667 bits per heavy atom. The number of rotatable bonds is 11. The molecule has 10 heteroatoms. The molecule has 0 radical (unpaired) electrons. The van der Waals surface area contributed by atoms with E-state index in [1.165, 1.54) is 12.1 Å². The number of carbonyl (C=O) groups is 2. The van der Waals surface area contributed by atoms with E-state index >= 15 is 0 Å². The van der Waals surface area contributed by atoms with Crippen LogP contribution in [-0.2, 0) is 22.7 Å². The average Bonchev–Trinajstić information content (AvgIpc) is 2.62. The molecule has 0 saturated carbocycles. The van der Waals surface area contributed by atoms with Crippen molar-refractivity contribution in [2.45, 2.75) is 13.1 Å². The van der Waals surface area contributed by atoms with Crippen molar-refractivity contribution in [1.82, 2.24) is 9.80 Å². The first-order valence-corrected chi connectivity index (χ1v) is 8.77. The van der Waals surface area contributed by atoms with Gasteiger partial charge in [-0.1, -0.05) is 36.4 Å². The van der Waals surface area contributed by atoms with Crippen molar-refractivity contribution in [3.63, 3.8) is 0 Å². The Kier molecular flexibility index (Phi) is 14.3. The molecule has 0 aliphatic heterocycles. The third-order valence-corrected chi connectivity index (χ3v) is 4.22. The number of nitrogens with zero attached hydrogens (tertiary/aromatic N) is 2. The molecule has 0 atom stereocenters. The van der Waals surface area contributed by atoms with Gasteiger partial charge in [-0.3, -0.25) is 19.4 Å². The summed E-state index contributed by atoms with van der Waals surface area (Å²) in [5.41, 5.74) is 1.18. The van der Waals surface area contributed by atoms with Crippen LogP contribution in [0.2, 0.25) is 0 Å². The zero-order chi connectivity index (χ0) is 20.5. The van der Waals surface area contributed by atoms with Gasteiger partial charge in [0.15, 0.2) is 0 Å². The van der Waals surface area contributed by atoms with Gasteiger partial charge in [-0.25, -0.2) is 0 Å². The molecule has 0 saturated heterocycles. The van der Waals surface area contributed by atoms with E-state index in [4.69, 9.17) is 10.2 Å². The summed E-state index contributed by atoms with van der Waals surface area (Å²) < 4.78 is 0. The zero-order valence-corrected chi connectivity index (χ0v) is 15.4. The van der Waals surface area contributed by atoms with Gasteiger partial charge in [-0.05, 0) is 12.1 Å². The van der Waals surface area contributed by atoms with Crippen molar-refractivity contribution in [1.29, 1.82) is 0 Å². The van der Waals surface area contributed by atoms with Crippen LogP contribution in [0.25, 0.3) is 0 Å². The van der Waals surface area contributed by atoms with Crippen molar-refractivity contribution < 1.29 is 30.0 Å². The predicted octanol–water partition coefficient (Wildman–Crippen LogP) is 0.274. The summed E-state index contributed by atoms with van der Waals surface area (Å²) in [5.74, 6) is -1.87. The fourth-order valence-corrected chi connectivity index (χ4v) is 2.86. The predicted molar refractivity (Wildman–Crippen MR) is 116 cm³/mol. The number of aliphatic carboxylic acids is 2. The first-order chi connectivity index (χ1) is 13.3. The zero-order valence-electron chi connectivity index (χ0n) is 15.4. The molecule has 2 aromatic rings. The number of aromatic hydroxyl groups is 2. The van der Waals surface area contributed by atoms with Gasteiger partial charge in [0, 0.05) is 37.3 Å². The fraction of sp³-hybridized carbons (Fsp3) is 0.300. The number of hydrogen-bond donors (Lipinski definition) is 4. The van der Waals surface area contributed by atoms with E-state index in [1.54, 1.807) is 46.2 Å². The fourth-order valence-electron chi connectivity index (χ4n) is 2.86. The average molecular weight is 436 g/mol. The Bertz CT molecular complexity index is 754. The molecule has 8 nitrogen and oxygen atoms in total. The third-order valence-electron chi connectivity index (χ3n) is 4.22. The number of phenols is 2. The van der Waals surface area contributed by atoms with E-state index < -0.39 is 11.9 Å². The van der Waals surface area contributed by atoms with Crippen molar-refractivity contribution in [3.8, 4) is 11.5 Å². The first-order valence-electron chi connectivity index (χ1n) is 8.77. The summed E-state index contributed by atoms with van der Waals surface area (Å²) in [7, 11) is 0. The summed E-state index contributed by atoms with van der Waals surface area (Å²) >= 11 is 0. The molecule has 0 fully saturated rings. The van der Waals surface area contributed by atoms with Crippen molar-refractivity contribution in [2.75, 3.05) is 26.2 Å². The summed E-state index contributed by atoms with van der Waals surface area (Å²) in [5, 5.41) is 38.2. The molecular formula is C20H26N2Na2O6. The Morgan fingerprint density at radius 3 is 1.30 bits per heavy atom. The molecule has 154 valence electrons. The molecule has 0 aliphatic rings. The van der Waals surface area contributed by atoms with Crippen LogP contribution in [0, 0.1) is 0 Å². The van der Waals surface area contributed by atoms with Crippen molar-refractivity contribution in [3.05, 3.63) is 59.7 Å². The number of phenolic OH excluding ortho intramolecular Hbond substituents is 2. The van der Waals surface area contributed by atoms with E-state index in [1.807, 2.05) is 0 Å². The van der Waals surface area contributed by atoms with Gasteiger partial charge in [0.2, 0.25) is 0 Å². The van der Waals surface area contributed by atoms with Crippen LogP contribution in [0.4, 0.5) is 0 Å². The number of para-hydroxylation sites is 2. The molecule has 30 heavy (non-hydrogen) atoms. The molecule has 4 N–H and O–H groups in total. The minimum atomic E-state index is -1.01. The van der Waals surface area contributed by atoms with E-state index in [-0.39, 0.29) is 110 Å². The van der Waals surface area contributed by atoms with E-state index in [2.05, 4.69) is 0 Å². The maximum atomic E-state index is 11.2. The molecule has 0 bridgehead atoms. The van der Waals surface area contributed by atoms with Crippen LogP contribution < -0.4 is 0 Å². The first kappa shape index (κ1) is 28.9. The summed E-state index contributed by atoms with van der Waals surface area (Å²) in [6.07, 6.45) is 0. The number of hydrogen-bond acceptors (Lipinski definition) is 6. The maximum absolute atomic E-state index is 11.2. The van der Waals surface area contributed by atoms with Crippen LogP contribution in [0.5, 0.6) is 11.5 Å². The van der Waals surface area contributed by atoms with E-state index in [9.17, 15) is 19.8 Å². The molecule has 2 rings (SSSR count). The van der Waals surface area contributed by atoms with Gasteiger partial charge in [-0.2, -0.15) is 0 Å². The molecule has 0 amide bonds. The topological polar surface area (TPSA) is 122 Å². The van der Waals surface area contributed by atoms with Gasteiger partial charge in [0.25, 0.3) is 0 Å². The molecule has 0 heterocycles. The molecular weight excluding hydrogens is 410 g/mol. The Balaban J connectivity index is 0.00000420. The summed E-state index contributed by atoms with van der Waals surface area (Å²) in [4.78, 5) is 25.6. The molecule has 0 unspecified atom stereocenters. The minimum absolute atomic E-state index is 0. The monoisotopic (exact) mass is 436 g/mol. The second kappa shape index (κ2) is 14.8. The van der Waals surface area contributed by atoms with Crippen molar-refractivity contribution in [2.24, 2.45) is 0 Å². The van der Waals surface area contributed by atoms with Crippen molar-refractivity contribution >= 4 is 71.1 Å². The van der Waals surface area contributed by atoms with E-state index in [0.717, 1.165) is 0 Å². The van der Waals surface area contributed by atoms with Crippen LogP contribution >= 0.6 is 0 Å². The van der Waals surface area contributed by atoms with Gasteiger partial charge in [-0.15, -0.1) is 0 Å². The molecule has 2 aromatic carbocycles. The van der Waals surface area contributed by atoms with Crippen LogP contribution in [0.3, 0.4) is 0 Å². The SMILES string of the molecule is O=C(O)CN(CCN(CC(=O)O)Cc1ccccc1O)Cc1ccccc1O.[NaH].[NaH]. The standard InChI is InChI=1S/C20H24N2O6.2Na.2H/c23-17-7-3-1-5-15(17)11-21(13-19(25)26)9-10-22(14-20(27)28)12-16-6-2-4-8-18(16)24;;;;/h1-8,23-24H,9-14H2,(H,25,26)(H,27,28);;;;. The van der Waals surface area contributed by atoms with E-state index in [0.29, 0.717) is 11.1 Å². The number of carboxylic acids is 2. The molecule has 0 aromatic heterocycles. The third kappa shape index (κ3) is 10.3. The van der Waals surface area contributed by atoms with Gasteiger partial charge in [0.1, 0.15) is 11.5 Å². The second-order valence-corrected chi connectivity index (χ2v) is 6.47. The second-order valence-electron chi connectivity index (χ2n) is 6.47. The normalized spacial score (nSPS) is 10.3. The molecule has 0 spiro atoms.